The third kappa shape index (κ3) is 2.91. The van der Waals surface area contributed by atoms with Crippen LogP contribution in [0, 0.1) is 0 Å². The quantitative estimate of drug-likeness (QED) is 0.817. The van der Waals surface area contributed by atoms with Crippen molar-refractivity contribution in [2.75, 3.05) is 12.1 Å². The van der Waals surface area contributed by atoms with Crippen LogP contribution in [0.1, 0.15) is 10.4 Å². The molecule has 0 aliphatic rings. The second-order valence-corrected chi connectivity index (χ2v) is 2.88. The molecule has 82 valence electrons. The van der Waals surface area contributed by atoms with Crippen LogP contribution in [0.5, 0.6) is 11.5 Å². The van der Waals surface area contributed by atoms with Gasteiger partial charge in [-0.25, -0.2) is 4.79 Å². The van der Waals surface area contributed by atoms with Gasteiger partial charge >= 0.3 is 5.97 Å². The van der Waals surface area contributed by atoms with E-state index in [4.69, 9.17) is 37.8 Å². The molecule has 0 aliphatic carbocycles. The Kier molecular flexibility index (Phi) is 4.52. The van der Waals surface area contributed by atoms with Gasteiger partial charge in [0, 0.05) is 0 Å². The minimum atomic E-state index is -1.12. The standard InChI is InChI=1S/C9H8Cl2O4/c10-4-14-7-3-1-2-6(9(12)13)8(7)15-5-11/h1-3H,4-5H2,(H,12,13). The molecular formula is C9H8Cl2O4. The van der Waals surface area contributed by atoms with Gasteiger partial charge in [-0.05, 0) is 12.1 Å². The summed E-state index contributed by atoms with van der Waals surface area (Å²) in [5.41, 5.74) is -0.0155. The van der Waals surface area contributed by atoms with Crippen molar-refractivity contribution >= 4 is 29.2 Å². The molecule has 0 aliphatic heterocycles. The summed E-state index contributed by atoms with van der Waals surface area (Å²) in [4.78, 5) is 10.8. The fourth-order valence-electron chi connectivity index (χ4n) is 1.06. The van der Waals surface area contributed by atoms with Gasteiger partial charge in [-0.2, -0.15) is 0 Å². The summed E-state index contributed by atoms with van der Waals surface area (Å²) >= 11 is 10.8. The van der Waals surface area contributed by atoms with Gasteiger partial charge in [0.25, 0.3) is 0 Å². The summed E-state index contributed by atoms with van der Waals surface area (Å²) in [7, 11) is 0. The van der Waals surface area contributed by atoms with E-state index in [1.807, 2.05) is 0 Å². The highest BCUT2D eigenvalue weighted by molar-refractivity contribution is 6.17. The minimum Gasteiger partial charge on any atom is -0.478 e. The van der Waals surface area contributed by atoms with Crippen LogP contribution in [0.2, 0.25) is 0 Å². The molecule has 1 aromatic carbocycles. The summed E-state index contributed by atoms with van der Waals surface area (Å²) in [6, 6.07) is 4.22. The Labute approximate surface area is 96.3 Å². The second-order valence-electron chi connectivity index (χ2n) is 2.44. The number of hydrogen-bond acceptors (Lipinski definition) is 3. The molecule has 0 aromatic heterocycles. The molecule has 1 aromatic rings. The van der Waals surface area contributed by atoms with Crippen LogP contribution in [0.3, 0.4) is 0 Å². The minimum absolute atomic E-state index is 0.0155. The predicted octanol–water partition coefficient (Wildman–Crippen LogP) is 2.54. The van der Waals surface area contributed by atoms with Crippen molar-refractivity contribution in [1.29, 1.82) is 0 Å². The molecule has 15 heavy (non-hydrogen) atoms. The van der Waals surface area contributed by atoms with E-state index < -0.39 is 5.97 Å². The molecule has 0 radical (unpaired) electrons. The van der Waals surface area contributed by atoms with E-state index in [0.717, 1.165) is 0 Å². The van der Waals surface area contributed by atoms with Gasteiger partial charge in [-0.15, -0.1) is 0 Å². The van der Waals surface area contributed by atoms with Gasteiger partial charge in [-0.1, -0.05) is 29.3 Å². The second kappa shape index (κ2) is 5.68. The van der Waals surface area contributed by atoms with Crippen LogP contribution in [-0.2, 0) is 0 Å². The third-order valence-electron chi connectivity index (χ3n) is 1.62. The maximum Gasteiger partial charge on any atom is 0.339 e. The molecule has 1 rings (SSSR count). The lowest BCUT2D eigenvalue weighted by atomic mass is 10.2. The Morgan fingerprint density at radius 3 is 2.47 bits per heavy atom. The van der Waals surface area contributed by atoms with Crippen LogP contribution in [0.4, 0.5) is 0 Å². The number of carboxylic acid groups (broad SMARTS) is 1. The van der Waals surface area contributed by atoms with Crippen molar-refractivity contribution in [3.05, 3.63) is 23.8 Å². The molecular weight excluding hydrogens is 243 g/mol. The van der Waals surface area contributed by atoms with Crippen molar-refractivity contribution in [1.82, 2.24) is 0 Å². The molecule has 0 unspecified atom stereocenters. The fourth-order valence-corrected chi connectivity index (χ4v) is 1.29. The number of benzene rings is 1. The zero-order valence-electron chi connectivity index (χ0n) is 7.57. The molecule has 0 heterocycles. The Balaban J connectivity index is 3.15. The number of ether oxygens (including phenoxy) is 2. The fraction of sp³-hybridized carbons (Fsp3) is 0.222. The van der Waals surface area contributed by atoms with E-state index >= 15 is 0 Å². The van der Waals surface area contributed by atoms with Crippen LogP contribution in [-0.4, -0.2) is 23.2 Å². The van der Waals surface area contributed by atoms with Gasteiger partial charge in [0.1, 0.15) is 5.56 Å². The molecule has 4 nitrogen and oxygen atoms in total. The van der Waals surface area contributed by atoms with E-state index in [1.165, 1.54) is 12.1 Å². The summed E-state index contributed by atoms with van der Waals surface area (Å²) in [6.45, 7) is 0. The normalized spacial score (nSPS) is 9.73. The number of hydrogen-bond donors (Lipinski definition) is 1. The highest BCUT2D eigenvalue weighted by atomic mass is 35.5. The Bertz CT molecular complexity index is 354. The first-order chi connectivity index (χ1) is 7.20. The SMILES string of the molecule is O=C(O)c1cccc(OCCl)c1OCCl. The number of carboxylic acids is 1. The van der Waals surface area contributed by atoms with E-state index in [0.29, 0.717) is 0 Å². The number of alkyl halides is 2. The van der Waals surface area contributed by atoms with Crippen LogP contribution < -0.4 is 9.47 Å². The molecule has 0 amide bonds. The van der Waals surface area contributed by atoms with Crippen molar-refractivity contribution in [2.24, 2.45) is 0 Å². The van der Waals surface area contributed by atoms with Crippen LogP contribution in [0.25, 0.3) is 0 Å². The predicted molar refractivity (Wildman–Crippen MR) is 56.1 cm³/mol. The zero-order chi connectivity index (χ0) is 11.3. The molecule has 0 bridgehead atoms. The van der Waals surface area contributed by atoms with E-state index in [2.05, 4.69) is 0 Å². The molecule has 1 N–H and O–H groups in total. The van der Waals surface area contributed by atoms with Gasteiger partial charge in [0.05, 0.1) is 0 Å². The van der Waals surface area contributed by atoms with Crippen molar-refractivity contribution in [3.63, 3.8) is 0 Å². The summed E-state index contributed by atoms with van der Waals surface area (Å²) in [5.74, 6) is -0.777. The lowest BCUT2D eigenvalue weighted by molar-refractivity contribution is 0.0692. The van der Waals surface area contributed by atoms with Crippen LogP contribution >= 0.6 is 23.2 Å². The van der Waals surface area contributed by atoms with E-state index in [1.54, 1.807) is 6.07 Å². The summed E-state index contributed by atoms with van der Waals surface area (Å²) < 4.78 is 9.98. The largest absolute Gasteiger partial charge is 0.478 e. The first kappa shape index (κ1) is 11.9. The number of aromatic carboxylic acids is 1. The number of rotatable bonds is 5. The first-order valence-corrected chi connectivity index (χ1v) is 5.01. The highest BCUT2D eigenvalue weighted by Gasteiger charge is 2.16. The van der Waals surface area contributed by atoms with Crippen molar-refractivity contribution in [3.8, 4) is 11.5 Å². The molecule has 0 saturated carbocycles. The number of halogens is 2. The van der Waals surface area contributed by atoms with Gasteiger partial charge in [-0.3, -0.25) is 0 Å². The average molecular weight is 251 g/mol. The number of carbonyl (C=O) groups is 1. The number of para-hydroxylation sites is 1. The summed E-state index contributed by atoms with van der Waals surface area (Å²) in [5, 5.41) is 8.87. The summed E-state index contributed by atoms with van der Waals surface area (Å²) in [6.07, 6.45) is 0. The van der Waals surface area contributed by atoms with Gasteiger partial charge in [0.2, 0.25) is 0 Å². The van der Waals surface area contributed by atoms with Crippen LogP contribution in [0.15, 0.2) is 18.2 Å². The average Bonchev–Trinajstić information content (AvgIpc) is 2.21. The monoisotopic (exact) mass is 250 g/mol. The van der Waals surface area contributed by atoms with Gasteiger partial charge < -0.3 is 14.6 Å². The Morgan fingerprint density at radius 2 is 1.93 bits per heavy atom. The van der Waals surface area contributed by atoms with Crippen molar-refractivity contribution in [2.45, 2.75) is 0 Å². The topological polar surface area (TPSA) is 55.8 Å². The molecule has 0 atom stereocenters. The Morgan fingerprint density at radius 1 is 1.27 bits per heavy atom. The smallest absolute Gasteiger partial charge is 0.339 e. The Hall–Kier alpha value is -1.13. The van der Waals surface area contributed by atoms with E-state index in [9.17, 15) is 4.79 Å². The molecule has 0 fully saturated rings. The highest BCUT2D eigenvalue weighted by Crippen LogP contribution is 2.31. The lowest BCUT2D eigenvalue weighted by Crippen LogP contribution is -2.04. The zero-order valence-corrected chi connectivity index (χ0v) is 9.09. The maximum absolute atomic E-state index is 10.8. The molecule has 0 spiro atoms. The van der Waals surface area contributed by atoms with E-state index in [-0.39, 0.29) is 29.2 Å². The van der Waals surface area contributed by atoms with Gasteiger partial charge in [0.15, 0.2) is 23.6 Å². The van der Waals surface area contributed by atoms with Crippen molar-refractivity contribution < 1.29 is 19.4 Å². The first-order valence-electron chi connectivity index (χ1n) is 3.94. The maximum atomic E-state index is 10.8. The third-order valence-corrected chi connectivity index (χ3v) is 1.84. The lowest BCUT2D eigenvalue weighted by Gasteiger charge is -2.11. The molecule has 0 saturated heterocycles. The molecule has 6 heteroatoms.